The van der Waals surface area contributed by atoms with Crippen LogP contribution in [0.1, 0.15) is 93.6 Å². The SMILES string of the molecule is CCC(C)(C)C(=O)Oc1ccc(C[C@H](N)C(=O)O[C@@H](C)COC(=O)CCC(C)C)cc1OC(=O)C(C)(C)CC. The Morgan fingerprint density at radius 1 is 0.872 bits per heavy atom. The zero-order valence-electron chi connectivity index (χ0n) is 25.1. The largest absolute Gasteiger partial charge is 0.462 e. The molecule has 1 aromatic carbocycles. The van der Waals surface area contributed by atoms with Crippen LogP contribution in [0, 0.1) is 16.7 Å². The van der Waals surface area contributed by atoms with E-state index in [1.165, 1.54) is 12.1 Å². The Kier molecular flexibility index (Phi) is 13.1. The quantitative estimate of drug-likeness (QED) is 0.233. The van der Waals surface area contributed by atoms with Crippen molar-refractivity contribution in [2.24, 2.45) is 22.5 Å². The van der Waals surface area contributed by atoms with Crippen LogP contribution in [0.25, 0.3) is 0 Å². The van der Waals surface area contributed by atoms with E-state index in [0.29, 0.717) is 30.7 Å². The molecule has 9 heteroatoms. The summed E-state index contributed by atoms with van der Waals surface area (Å²) in [6.07, 6.45) is 1.56. The maximum Gasteiger partial charge on any atom is 0.323 e. The van der Waals surface area contributed by atoms with Crippen molar-refractivity contribution in [2.75, 3.05) is 6.61 Å². The molecular weight excluding hydrogens is 502 g/mol. The summed E-state index contributed by atoms with van der Waals surface area (Å²) < 4.78 is 21.8. The van der Waals surface area contributed by atoms with Gasteiger partial charge < -0.3 is 24.7 Å². The first-order valence-electron chi connectivity index (χ1n) is 13.7. The highest BCUT2D eigenvalue weighted by Crippen LogP contribution is 2.34. The smallest absolute Gasteiger partial charge is 0.323 e. The lowest BCUT2D eigenvalue weighted by atomic mass is 9.90. The highest BCUT2D eigenvalue weighted by Gasteiger charge is 2.31. The molecular formula is C30H47NO8. The number of esters is 4. The number of hydrogen-bond acceptors (Lipinski definition) is 9. The summed E-state index contributed by atoms with van der Waals surface area (Å²) in [5.41, 5.74) is 5.19. The van der Waals surface area contributed by atoms with Gasteiger partial charge >= 0.3 is 23.9 Å². The molecule has 0 aliphatic heterocycles. The Labute approximate surface area is 233 Å². The first-order valence-corrected chi connectivity index (χ1v) is 13.7. The van der Waals surface area contributed by atoms with Gasteiger partial charge in [-0.2, -0.15) is 0 Å². The van der Waals surface area contributed by atoms with Crippen LogP contribution in [0.4, 0.5) is 0 Å². The molecule has 0 amide bonds. The van der Waals surface area contributed by atoms with Gasteiger partial charge in [0.25, 0.3) is 0 Å². The van der Waals surface area contributed by atoms with Crippen LogP contribution in [0.15, 0.2) is 18.2 Å². The minimum absolute atomic E-state index is 0.0587. The van der Waals surface area contributed by atoms with E-state index in [9.17, 15) is 19.2 Å². The third kappa shape index (κ3) is 11.4. The highest BCUT2D eigenvalue weighted by molar-refractivity contribution is 5.81. The number of nitrogens with two attached hydrogens (primary N) is 1. The van der Waals surface area contributed by atoms with Crippen molar-refractivity contribution >= 4 is 23.9 Å². The minimum Gasteiger partial charge on any atom is -0.462 e. The third-order valence-electron chi connectivity index (χ3n) is 6.77. The van der Waals surface area contributed by atoms with Crippen LogP contribution in [0.3, 0.4) is 0 Å². The van der Waals surface area contributed by atoms with E-state index in [0.717, 1.165) is 6.42 Å². The first kappa shape index (κ1) is 34.1. The van der Waals surface area contributed by atoms with Gasteiger partial charge in [-0.15, -0.1) is 0 Å². The molecule has 0 unspecified atom stereocenters. The standard InChI is InChI=1S/C30H47NO8/c1-10-29(6,7)27(34)38-23-14-13-21(17-24(23)39-28(35)30(8,9)11-2)16-22(31)26(33)37-20(5)18-36-25(32)15-12-19(3)4/h13-14,17,19-20,22H,10-12,15-16,18,31H2,1-9H3/t20-,22-/m0/s1. The van der Waals surface area contributed by atoms with Crippen molar-refractivity contribution in [3.8, 4) is 11.5 Å². The summed E-state index contributed by atoms with van der Waals surface area (Å²) in [4.78, 5) is 49.9. The van der Waals surface area contributed by atoms with Crippen molar-refractivity contribution in [1.29, 1.82) is 0 Å². The van der Waals surface area contributed by atoms with Gasteiger partial charge in [-0.25, -0.2) is 0 Å². The molecule has 0 aliphatic rings. The molecule has 2 atom stereocenters. The van der Waals surface area contributed by atoms with Crippen LogP contribution >= 0.6 is 0 Å². The van der Waals surface area contributed by atoms with Gasteiger partial charge in [0.05, 0.1) is 10.8 Å². The summed E-state index contributed by atoms with van der Waals surface area (Å²) in [7, 11) is 0. The molecule has 0 heterocycles. The van der Waals surface area contributed by atoms with Crippen molar-refractivity contribution in [2.45, 2.75) is 107 Å². The Morgan fingerprint density at radius 2 is 1.41 bits per heavy atom. The van der Waals surface area contributed by atoms with Gasteiger partial charge in [-0.05, 0) is 83.9 Å². The first-order chi connectivity index (χ1) is 18.0. The van der Waals surface area contributed by atoms with Crippen LogP contribution in [0.2, 0.25) is 0 Å². The Bertz CT molecular complexity index is 999. The molecule has 0 radical (unpaired) electrons. The zero-order valence-corrected chi connectivity index (χ0v) is 25.1. The number of carbonyl (C=O) groups excluding carboxylic acids is 4. The van der Waals surface area contributed by atoms with Crippen molar-refractivity contribution in [3.63, 3.8) is 0 Å². The molecule has 1 aromatic rings. The number of rotatable bonds is 15. The predicted molar refractivity (Wildman–Crippen MR) is 148 cm³/mol. The third-order valence-corrected chi connectivity index (χ3v) is 6.77. The van der Waals surface area contributed by atoms with E-state index in [4.69, 9.17) is 24.7 Å². The fourth-order valence-corrected chi connectivity index (χ4v) is 2.95. The van der Waals surface area contributed by atoms with E-state index in [2.05, 4.69) is 0 Å². The second-order valence-corrected chi connectivity index (χ2v) is 11.7. The maximum absolute atomic E-state index is 12.8. The lowest BCUT2D eigenvalue weighted by molar-refractivity contribution is -0.159. The monoisotopic (exact) mass is 549 g/mol. The topological polar surface area (TPSA) is 131 Å². The van der Waals surface area contributed by atoms with Crippen LogP contribution in [-0.4, -0.2) is 42.6 Å². The van der Waals surface area contributed by atoms with Crippen molar-refractivity contribution in [1.82, 2.24) is 0 Å². The Morgan fingerprint density at radius 3 is 1.92 bits per heavy atom. The summed E-state index contributed by atoms with van der Waals surface area (Å²) in [6, 6.07) is 3.69. The summed E-state index contributed by atoms with van der Waals surface area (Å²) in [5, 5.41) is 0. The second kappa shape index (κ2) is 15.0. The molecule has 0 fully saturated rings. The molecule has 0 aliphatic carbocycles. The number of hydrogen-bond donors (Lipinski definition) is 1. The van der Waals surface area contributed by atoms with Gasteiger partial charge in [0.15, 0.2) is 11.5 Å². The van der Waals surface area contributed by atoms with Gasteiger partial charge in [-0.1, -0.05) is 33.8 Å². The minimum atomic E-state index is -1.02. The fraction of sp³-hybridized carbons (Fsp3) is 0.667. The molecule has 9 nitrogen and oxygen atoms in total. The number of ether oxygens (including phenoxy) is 4. The van der Waals surface area contributed by atoms with E-state index in [-0.39, 0.29) is 30.5 Å². The van der Waals surface area contributed by atoms with Crippen molar-refractivity contribution < 1.29 is 38.1 Å². The molecule has 0 bridgehead atoms. The average molecular weight is 550 g/mol. The number of benzene rings is 1. The predicted octanol–water partition coefficient (Wildman–Crippen LogP) is 5.15. The molecule has 220 valence electrons. The normalized spacial score (nSPS) is 13.4. The molecule has 1 rings (SSSR count). The molecule has 0 spiro atoms. The molecule has 39 heavy (non-hydrogen) atoms. The summed E-state index contributed by atoms with van der Waals surface area (Å²) in [5.74, 6) is -1.37. The van der Waals surface area contributed by atoms with Gasteiger partial charge in [-0.3, -0.25) is 19.2 Å². The van der Waals surface area contributed by atoms with Crippen LogP contribution in [0.5, 0.6) is 11.5 Å². The zero-order chi connectivity index (χ0) is 30.0. The summed E-state index contributed by atoms with van der Waals surface area (Å²) >= 11 is 0. The van der Waals surface area contributed by atoms with Crippen LogP contribution in [-0.2, 0) is 35.1 Å². The fourth-order valence-electron chi connectivity index (χ4n) is 2.95. The molecule has 0 aromatic heterocycles. The Hall–Kier alpha value is -2.94. The van der Waals surface area contributed by atoms with Gasteiger partial charge in [0.1, 0.15) is 18.8 Å². The average Bonchev–Trinajstić information content (AvgIpc) is 2.87. The van der Waals surface area contributed by atoms with Gasteiger partial charge in [0.2, 0.25) is 0 Å². The maximum atomic E-state index is 12.8. The Balaban J connectivity index is 2.96. The van der Waals surface area contributed by atoms with E-state index in [1.54, 1.807) is 40.7 Å². The lowest BCUT2D eigenvalue weighted by Gasteiger charge is -2.23. The summed E-state index contributed by atoms with van der Waals surface area (Å²) in [6.45, 7) is 16.4. The van der Waals surface area contributed by atoms with E-state index < -0.39 is 40.9 Å². The molecule has 0 saturated heterocycles. The second-order valence-electron chi connectivity index (χ2n) is 11.7. The highest BCUT2D eigenvalue weighted by atomic mass is 16.6. The van der Waals surface area contributed by atoms with E-state index >= 15 is 0 Å². The van der Waals surface area contributed by atoms with Crippen molar-refractivity contribution in [3.05, 3.63) is 23.8 Å². The molecule has 2 N–H and O–H groups in total. The van der Waals surface area contributed by atoms with E-state index in [1.807, 2.05) is 27.7 Å². The lowest BCUT2D eigenvalue weighted by Crippen LogP contribution is -2.37. The molecule has 0 saturated carbocycles. The number of carbonyl (C=O) groups is 4. The van der Waals surface area contributed by atoms with Crippen LogP contribution < -0.4 is 15.2 Å². The van der Waals surface area contributed by atoms with Gasteiger partial charge in [0, 0.05) is 6.42 Å².